The van der Waals surface area contributed by atoms with Crippen LogP contribution in [0.3, 0.4) is 0 Å². The van der Waals surface area contributed by atoms with E-state index in [0.29, 0.717) is 32.1 Å². The third kappa shape index (κ3) is 1.71. The van der Waals surface area contributed by atoms with Crippen LogP contribution in [0.25, 0.3) is 0 Å². The summed E-state index contributed by atoms with van der Waals surface area (Å²) in [6.45, 7) is 2.14. The quantitative estimate of drug-likeness (QED) is 0.672. The van der Waals surface area contributed by atoms with Crippen molar-refractivity contribution in [2.75, 3.05) is 0 Å². The predicted octanol–water partition coefficient (Wildman–Crippen LogP) is 1.05. The van der Waals surface area contributed by atoms with Crippen LogP contribution >= 0.6 is 0 Å². The van der Waals surface area contributed by atoms with Crippen molar-refractivity contribution in [3.8, 4) is 0 Å². The van der Waals surface area contributed by atoms with Crippen LogP contribution in [0.4, 0.5) is 0 Å². The Morgan fingerprint density at radius 3 is 2.70 bits per heavy atom. The van der Waals surface area contributed by atoms with Gasteiger partial charge in [-0.2, -0.15) is 0 Å². The Morgan fingerprint density at radius 2 is 2.30 bits per heavy atom. The first kappa shape index (κ1) is 8.49. The second-order valence-electron chi connectivity index (χ2n) is 2.95. The van der Waals surface area contributed by atoms with Gasteiger partial charge in [0.25, 0.3) is 0 Å². The van der Waals surface area contributed by atoms with Crippen molar-refractivity contribution < 1.29 is 7.48 Å². The maximum absolute atomic E-state index is 11.0. The molecule has 0 aromatic rings. The number of hydrogen-bond donors (Lipinski definition) is 0. The molecule has 0 bridgehead atoms. The van der Waals surface area contributed by atoms with E-state index in [-0.39, 0.29) is 11.9 Å². The zero-order valence-electron chi connectivity index (χ0n) is 6.17. The van der Waals surface area contributed by atoms with Crippen LogP contribution in [-0.4, -0.2) is 32.2 Å². The summed E-state index contributed by atoms with van der Waals surface area (Å²) in [5.41, 5.74) is 0. The molecule has 3 heteroatoms. The van der Waals surface area contributed by atoms with E-state index in [9.17, 15) is 4.79 Å². The van der Waals surface area contributed by atoms with Crippen molar-refractivity contribution in [1.82, 2.24) is 0 Å². The van der Waals surface area contributed by atoms with Gasteiger partial charge in [-0.1, -0.05) is 0 Å². The van der Waals surface area contributed by atoms with Gasteiger partial charge in [-0.05, 0) is 0 Å². The van der Waals surface area contributed by atoms with E-state index < -0.39 is 0 Å². The average molecular weight is 332 g/mol. The minimum atomic E-state index is 0.0509. The molecule has 0 radical (unpaired) electrons. The summed E-state index contributed by atoms with van der Waals surface area (Å²) in [7, 11) is 0. The van der Waals surface area contributed by atoms with Gasteiger partial charge in [0, 0.05) is 0 Å². The Hall–Kier alpha value is 0.392. The van der Waals surface area contributed by atoms with Crippen LogP contribution in [0.15, 0.2) is 0 Å². The van der Waals surface area contributed by atoms with E-state index in [4.69, 9.17) is 2.69 Å². The van der Waals surface area contributed by atoms with Crippen LogP contribution in [-0.2, 0) is 7.48 Å². The molecule has 0 aromatic carbocycles. The van der Waals surface area contributed by atoms with Gasteiger partial charge >= 0.3 is 77.7 Å². The molecule has 1 rings (SSSR count). The molecule has 2 unspecified atom stereocenters. The molecule has 1 saturated carbocycles. The second kappa shape index (κ2) is 3.69. The molecule has 0 heterocycles. The fourth-order valence-corrected chi connectivity index (χ4v) is 2.26. The summed E-state index contributed by atoms with van der Waals surface area (Å²) in [5.74, 6) is 0.839. The normalized spacial score (nSPS) is 32.0. The first-order chi connectivity index (χ1) is 4.75. The van der Waals surface area contributed by atoms with Gasteiger partial charge in [0.05, 0.1) is 0 Å². The van der Waals surface area contributed by atoms with Crippen molar-refractivity contribution in [3.63, 3.8) is 0 Å². The molecule has 0 aliphatic heterocycles. The Bertz CT molecular complexity index is 136. The van der Waals surface area contributed by atoms with Crippen molar-refractivity contribution in [2.24, 2.45) is 11.8 Å². The molecule has 0 aromatic heterocycles. The summed E-state index contributed by atoms with van der Waals surface area (Å²) in [6, 6.07) is 0. The van der Waals surface area contributed by atoms with E-state index in [0.717, 1.165) is 6.42 Å². The SMILES string of the molecule is CC1CCCC1C(=O)[O][Tl]. The van der Waals surface area contributed by atoms with Crippen LogP contribution in [0.1, 0.15) is 26.2 Å². The zero-order valence-corrected chi connectivity index (χ0v) is 10.7. The summed E-state index contributed by atoms with van der Waals surface area (Å²) in [6.07, 6.45) is 3.45. The first-order valence-corrected chi connectivity index (χ1v) is 5.49. The van der Waals surface area contributed by atoms with Crippen molar-refractivity contribution in [1.29, 1.82) is 0 Å². The second-order valence-corrected chi connectivity index (χ2v) is 3.87. The summed E-state index contributed by atoms with van der Waals surface area (Å²) >= 11 is 0.366. The Kier molecular flexibility index (Phi) is 3.13. The van der Waals surface area contributed by atoms with Crippen molar-refractivity contribution in [2.45, 2.75) is 26.2 Å². The molecule has 2 nitrogen and oxygen atoms in total. The van der Waals surface area contributed by atoms with Crippen LogP contribution < -0.4 is 0 Å². The third-order valence-electron chi connectivity index (χ3n) is 2.28. The monoisotopic (exact) mass is 332 g/mol. The van der Waals surface area contributed by atoms with E-state index in [1.165, 1.54) is 12.8 Å². The molecule has 1 fully saturated rings. The van der Waals surface area contributed by atoms with Gasteiger partial charge in [0.15, 0.2) is 0 Å². The van der Waals surface area contributed by atoms with Gasteiger partial charge in [-0.25, -0.2) is 0 Å². The molecule has 2 atom stereocenters. The topological polar surface area (TPSA) is 26.3 Å². The molecule has 54 valence electrons. The fraction of sp³-hybridized carbons (Fsp3) is 0.857. The van der Waals surface area contributed by atoms with Crippen molar-refractivity contribution >= 4 is 32.2 Å². The third-order valence-corrected chi connectivity index (χ3v) is 3.18. The van der Waals surface area contributed by atoms with Gasteiger partial charge in [0.2, 0.25) is 0 Å². The Morgan fingerprint density at radius 1 is 1.60 bits per heavy atom. The Labute approximate surface area is 77.7 Å². The average Bonchev–Trinajstić information content (AvgIpc) is 2.34. The first-order valence-electron chi connectivity index (χ1n) is 3.66. The summed E-state index contributed by atoms with van der Waals surface area (Å²) in [5, 5.41) is 0. The summed E-state index contributed by atoms with van der Waals surface area (Å²) < 4.78 is 4.83. The van der Waals surface area contributed by atoms with Gasteiger partial charge in [-0.15, -0.1) is 0 Å². The standard InChI is InChI=1S/C7H12O2.Tl/c1-5-3-2-4-6(5)7(8)9;/h5-6H,2-4H2,1H3,(H,8,9);/q;+1/p-1. The van der Waals surface area contributed by atoms with E-state index in [1.54, 1.807) is 0 Å². The van der Waals surface area contributed by atoms with Gasteiger partial charge in [-0.3, -0.25) is 0 Å². The molecule has 1 aliphatic rings. The molecule has 0 N–H and O–H groups in total. The van der Waals surface area contributed by atoms with Crippen LogP contribution in [0.2, 0.25) is 0 Å². The van der Waals surface area contributed by atoms with Gasteiger partial charge < -0.3 is 0 Å². The number of rotatable bonds is 1. The predicted molar refractivity (Wildman–Crippen MR) is 38.4 cm³/mol. The van der Waals surface area contributed by atoms with Crippen LogP contribution in [0.5, 0.6) is 0 Å². The van der Waals surface area contributed by atoms with E-state index in [1.807, 2.05) is 0 Å². The van der Waals surface area contributed by atoms with Crippen molar-refractivity contribution in [3.05, 3.63) is 0 Å². The molecule has 0 saturated heterocycles. The van der Waals surface area contributed by atoms with E-state index in [2.05, 4.69) is 6.92 Å². The maximum atomic E-state index is 11.0. The molecule has 0 amide bonds. The molecule has 0 spiro atoms. The van der Waals surface area contributed by atoms with Gasteiger partial charge in [0.1, 0.15) is 0 Å². The zero-order chi connectivity index (χ0) is 7.56. The fourth-order valence-electron chi connectivity index (χ4n) is 1.58. The van der Waals surface area contributed by atoms with Crippen LogP contribution in [0, 0.1) is 11.8 Å². The molecular formula is C7H11O2Tl. The number of carbonyl (C=O) groups excluding carboxylic acids is 1. The summed E-state index contributed by atoms with van der Waals surface area (Å²) in [4.78, 5) is 11.0. The van der Waals surface area contributed by atoms with E-state index >= 15 is 0 Å². The number of carbonyl (C=O) groups is 1. The molecule has 1 aliphatic carbocycles. The molecule has 10 heavy (non-hydrogen) atoms. The number of hydrogen-bond acceptors (Lipinski definition) is 2. The molecular weight excluding hydrogens is 320 g/mol. The minimum absolute atomic E-state index is 0.0509. The Balaban J connectivity index is 2.46.